The van der Waals surface area contributed by atoms with Crippen molar-refractivity contribution < 1.29 is 23.9 Å². The highest BCUT2D eigenvalue weighted by molar-refractivity contribution is 6.01. The Morgan fingerprint density at radius 2 is 1.94 bits per heavy atom. The van der Waals surface area contributed by atoms with E-state index in [1.807, 2.05) is 12.1 Å². The Morgan fingerprint density at radius 1 is 1.18 bits per heavy atom. The maximum Gasteiger partial charge on any atom is 0.272 e. The summed E-state index contributed by atoms with van der Waals surface area (Å²) < 4.78 is 12.1. The van der Waals surface area contributed by atoms with E-state index in [1.165, 1.54) is 15.6 Å². The van der Waals surface area contributed by atoms with Crippen LogP contribution in [-0.4, -0.2) is 57.8 Å². The van der Waals surface area contributed by atoms with E-state index in [-0.39, 0.29) is 49.1 Å². The molecule has 0 bridgehead atoms. The summed E-state index contributed by atoms with van der Waals surface area (Å²) >= 11 is 0. The molecule has 2 aliphatic heterocycles. The van der Waals surface area contributed by atoms with E-state index in [0.29, 0.717) is 11.5 Å². The molecule has 1 saturated carbocycles. The highest BCUT2D eigenvalue weighted by Gasteiger charge is 2.46. The van der Waals surface area contributed by atoms with Crippen molar-refractivity contribution in [2.75, 3.05) is 13.8 Å². The highest BCUT2D eigenvalue weighted by Crippen LogP contribution is 2.32. The number of nitrogens with one attached hydrogen (secondary N) is 2. The number of fused-ring (bicyclic) bond motifs is 2. The lowest BCUT2D eigenvalue weighted by molar-refractivity contribution is -0.133. The van der Waals surface area contributed by atoms with Gasteiger partial charge >= 0.3 is 0 Å². The van der Waals surface area contributed by atoms with Crippen LogP contribution in [0.25, 0.3) is 0 Å². The molecule has 3 heterocycles. The van der Waals surface area contributed by atoms with Crippen LogP contribution < -0.4 is 20.1 Å². The largest absolute Gasteiger partial charge is 0.454 e. The van der Waals surface area contributed by atoms with E-state index < -0.39 is 11.4 Å². The molecule has 2 N–H and O–H groups in total. The molecule has 0 spiro atoms. The minimum atomic E-state index is -1.08. The van der Waals surface area contributed by atoms with Crippen molar-refractivity contribution >= 4 is 17.7 Å². The lowest BCUT2D eigenvalue weighted by Gasteiger charge is -2.41. The lowest BCUT2D eigenvalue weighted by Crippen LogP contribution is -2.63. The minimum Gasteiger partial charge on any atom is -0.454 e. The fourth-order valence-electron chi connectivity index (χ4n) is 4.57. The van der Waals surface area contributed by atoms with Crippen LogP contribution in [0.5, 0.6) is 11.5 Å². The summed E-state index contributed by atoms with van der Waals surface area (Å²) in [4.78, 5) is 40.3. The zero-order valence-corrected chi connectivity index (χ0v) is 18.7. The second-order valence-corrected chi connectivity index (χ2v) is 9.04. The number of nitrogens with zero attached hydrogens (tertiary/aromatic N) is 3. The average molecular weight is 453 g/mol. The Hall–Kier alpha value is -3.56. The van der Waals surface area contributed by atoms with Crippen molar-refractivity contribution in [3.05, 3.63) is 41.2 Å². The quantitative estimate of drug-likeness (QED) is 0.708. The van der Waals surface area contributed by atoms with Crippen LogP contribution in [0.15, 0.2) is 24.3 Å². The average Bonchev–Trinajstić information content (AvgIpc) is 3.56. The molecule has 0 radical (unpaired) electrons. The Labute approximate surface area is 191 Å². The Kier molecular flexibility index (Phi) is 5.22. The number of hydrogen-bond donors (Lipinski definition) is 2. The van der Waals surface area contributed by atoms with Gasteiger partial charge in [-0.15, -0.1) is 0 Å². The summed E-state index contributed by atoms with van der Waals surface area (Å²) in [7, 11) is 1.62. The predicted molar refractivity (Wildman–Crippen MR) is 117 cm³/mol. The van der Waals surface area contributed by atoms with Gasteiger partial charge in [0.05, 0.1) is 6.54 Å². The third-order valence-electron chi connectivity index (χ3n) is 6.80. The van der Waals surface area contributed by atoms with Crippen LogP contribution in [0.1, 0.15) is 59.1 Å². The normalized spacial score (nSPS) is 21.8. The molecule has 1 aliphatic carbocycles. The number of hydrogen-bond acceptors (Lipinski definition) is 6. The molecule has 1 atom stereocenters. The van der Waals surface area contributed by atoms with Crippen molar-refractivity contribution in [2.45, 2.75) is 57.3 Å². The van der Waals surface area contributed by atoms with Crippen molar-refractivity contribution in [1.82, 2.24) is 25.3 Å². The van der Waals surface area contributed by atoms with Gasteiger partial charge in [-0.1, -0.05) is 18.9 Å². The molecular weight excluding hydrogens is 426 g/mol. The van der Waals surface area contributed by atoms with E-state index >= 15 is 0 Å². The minimum absolute atomic E-state index is 0.132. The second-order valence-electron chi connectivity index (χ2n) is 9.04. The number of amides is 3. The summed E-state index contributed by atoms with van der Waals surface area (Å²) in [6.45, 7) is 2.37. The number of carbonyl (C=O) groups is 3. The molecule has 1 unspecified atom stereocenters. The first kappa shape index (κ1) is 21.3. The van der Waals surface area contributed by atoms with Gasteiger partial charge in [-0.25, -0.2) is 0 Å². The summed E-state index contributed by atoms with van der Waals surface area (Å²) in [6.07, 6.45) is 4.12. The third kappa shape index (κ3) is 3.79. The highest BCUT2D eigenvalue weighted by atomic mass is 16.7. The molecule has 0 saturated heterocycles. The Morgan fingerprint density at radius 3 is 2.73 bits per heavy atom. The van der Waals surface area contributed by atoms with Crippen molar-refractivity contribution in [2.24, 2.45) is 0 Å². The number of aromatic nitrogens is 2. The van der Waals surface area contributed by atoms with Crippen molar-refractivity contribution in [3.8, 4) is 11.5 Å². The number of rotatable bonds is 5. The van der Waals surface area contributed by atoms with Crippen LogP contribution in [0, 0.1) is 0 Å². The summed E-state index contributed by atoms with van der Waals surface area (Å²) in [5.41, 5.74) is 0.187. The molecule has 1 aromatic carbocycles. The molecule has 33 heavy (non-hydrogen) atoms. The summed E-state index contributed by atoms with van der Waals surface area (Å²) in [5, 5.41) is 10.3. The standard InChI is InChI=1S/C23H27N5O5/c1-23(22(31)25-15-5-3-4-6-15)12-28-17(21(30)27(23)2)10-16(26-28)20(29)24-11-14-7-8-18-19(9-14)33-13-32-18/h7-10,15H,3-6,11-13H2,1-2H3,(H,24,29)(H,25,31). The number of ether oxygens (including phenoxy) is 2. The first-order chi connectivity index (χ1) is 15.8. The number of benzene rings is 1. The molecule has 3 aliphatic rings. The molecule has 1 aromatic heterocycles. The Bertz CT molecular complexity index is 1120. The van der Waals surface area contributed by atoms with Crippen LogP contribution >= 0.6 is 0 Å². The molecule has 10 heteroatoms. The fraction of sp³-hybridized carbons (Fsp3) is 0.478. The molecule has 3 amide bonds. The first-order valence-corrected chi connectivity index (χ1v) is 11.2. The van der Waals surface area contributed by atoms with Crippen molar-refractivity contribution in [3.63, 3.8) is 0 Å². The zero-order chi connectivity index (χ0) is 23.2. The van der Waals surface area contributed by atoms with E-state index in [9.17, 15) is 14.4 Å². The molecule has 174 valence electrons. The van der Waals surface area contributed by atoms with Crippen LogP contribution in [-0.2, 0) is 17.9 Å². The van der Waals surface area contributed by atoms with Gasteiger partial charge in [0.15, 0.2) is 17.2 Å². The van der Waals surface area contributed by atoms with Crippen LogP contribution in [0.2, 0.25) is 0 Å². The lowest BCUT2D eigenvalue weighted by atomic mass is 9.95. The van der Waals surface area contributed by atoms with Gasteiger partial charge in [0.2, 0.25) is 12.7 Å². The second kappa shape index (κ2) is 8.09. The van der Waals surface area contributed by atoms with Gasteiger partial charge in [0.1, 0.15) is 11.2 Å². The SMILES string of the molecule is CN1C(=O)c2cc(C(=O)NCc3ccc4c(c3)OCO4)nn2CC1(C)C(=O)NC1CCCC1. The smallest absolute Gasteiger partial charge is 0.272 e. The van der Waals surface area contributed by atoms with E-state index in [0.717, 1.165) is 31.2 Å². The zero-order valence-electron chi connectivity index (χ0n) is 18.7. The number of carbonyl (C=O) groups excluding carboxylic acids is 3. The molecule has 2 aromatic rings. The first-order valence-electron chi connectivity index (χ1n) is 11.2. The monoisotopic (exact) mass is 453 g/mol. The van der Waals surface area contributed by atoms with Gasteiger partial charge in [-0.3, -0.25) is 19.1 Å². The van der Waals surface area contributed by atoms with E-state index in [1.54, 1.807) is 20.0 Å². The molecular formula is C23H27N5O5. The summed E-state index contributed by atoms with van der Waals surface area (Å²) in [5.74, 6) is 0.382. The van der Waals surface area contributed by atoms with E-state index in [2.05, 4.69) is 15.7 Å². The van der Waals surface area contributed by atoms with Gasteiger partial charge in [0, 0.05) is 25.7 Å². The van der Waals surface area contributed by atoms with E-state index in [4.69, 9.17) is 9.47 Å². The third-order valence-corrected chi connectivity index (χ3v) is 6.80. The number of likely N-dealkylation sites (N-methyl/N-ethyl adjacent to an activating group) is 1. The van der Waals surface area contributed by atoms with Gasteiger partial charge in [0.25, 0.3) is 11.8 Å². The van der Waals surface area contributed by atoms with Gasteiger partial charge in [-0.2, -0.15) is 5.10 Å². The fourth-order valence-corrected chi connectivity index (χ4v) is 4.57. The molecule has 5 rings (SSSR count). The topological polar surface area (TPSA) is 115 Å². The predicted octanol–water partition coefficient (Wildman–Crippen LogP) is 1.44. The Balaban J connectivity index is 1.29. The maximum absolute atomic E-state index is 13.1. The summed E-state index contributed by atoms with van der Waals surface area (Å²) in [6, 6.07) is 7.08. The van der Waals surface area contributed by atoms with Crippen LogP contribution in [0.4, 0.5) is 0 Å². The van der Waals surface area contributed by atoms with Gasteiger partial charge < -0.3 is 25.0 Å². The maximum atomic E-state index is 13.1. The molecule has 1 fully saturated rings. The molecule has 10 nitrogen and oxygen atoms in total. The van der Waals surface area contributed by atoms with Crippen molar-refractivity contribution in [1.29, 1.82) is 0 Å². The van der Waals surface area contributed by atoms with Gasteiger partial charge in [-0.05, 0) is 37.5 Å². The van der Waals surface area contributed by atoms with Crippen LogP contribution in [0.3, 0.4) is 0 Å².